The van der Waals surface area contributed by atoms with Gasteiger partial charge < -0.3 is 0 Å². The Bertz CT molecular complexity index is 968. The van der Waals surface area contributed by atoms with Gasteiger partial charge in [0.2, 0.25) is 0 Å². The molecule has 0 bridgehead atoms. The van der Waals surface area contributed by atoms with Crippen molar-refractivity contribution in [2.45, 2.75) is 57.8 Å². The second-order valence-corrected chi connectivity index (χ2v) is 18.0. The number of unbranched alkanes of at least 4 members (excludes halogenated alkanes) is 7. The molecule has 0 fully saturated rings. The van der Waals surface area contributed by atoms with Crippen LogP contribution in [0.3, 0.4) is 0 Å². The molecule has 4 nitrogen and oxygen atoms in total. The minimum absolute atomic E-state index is 0.297. The molecule has 1 heterocycles. The number of hydrogen-bond donors (Lipinski definition) is 1. The number of aromatic nitrogens is 2. The first-order valence-electron chi connectivity index (χ1n) is 12.0. The van der Waals surface area contributed by atoms with E-state index in [-0.39, 0.29) is 0 Å². The van der Waals surface area contributed by atoms with Crippen LogP contribution in [0.15, 0.2) is 73.1 Å². The standard InChI is InChI=1S/C27H36BrN2O2P/c1-30-23-26(22-29-30)33(28,24-16-10-8-11-17-24,25-18-12-9-13-19-25)21-15-7-5-3-2-4-6-14-20-27(31)32/h8-13,16-19,22-23H,2-7,14-15,20-21H2,1H3,(H,31,32). The van der Waals surface area contributed by atoms with Crippen molar-refractivity contribution in [3.63, 3.8) is 0 Å². The van der Waals surface area contributed by atoms with Gasteiger partial charge in [-0.1, -0.05) is 0 Å². The monoisotopic (exact) mass is 530 g/mol. The van der Waals surface area contributed by atoms with E-state index >= 15 is 0 Å². The summed E-state index contributed by atoms with van der Waals surface area (Å²) in [7, 11) is 1.99. The molecule has 1 N–H and O–H groups in total. The van der Waals surface area contributed by atoms with Crippen LogP contribution in [0.5, 0.6) is 0 Å². The van der Waals surface area contributed by atoms with Crippen LogP contribution in [0.1, 0.15) is 57.8 Å². The van der Waals surface area contributed by atoms with E-state index in [2.05, 4.69) is 87.4 Å². The summed E-state index contributed by atoms with van der Waals surface area (Å²) in [4.78, 5) is 10.6. The normalized spacial score (nSPS) is 12.8. The van der Waals surface area contributed by atoms with Crippen LogP contribution >= 0.6 is 20.8 Å². The number of carboxylic acid groups (broad SMARTS) is 1. The van der Waals surface area contributed by atoms with Gasteiger partial charge in [0.05, 0.1) is 0 Å². The van der Waals surface area contributed by atoms with E-state index < -0.39 is 11.3 Å². The Kier molecular flexibility index (Phi) is 9.28. The molecule has 2 aromatic carbocycles. The molecule has 3 rings (SSSR count). The summed E-state index contributed by atoms with van der Waals surface area (Å²) in [5.74, 6) is -0.684. The van der Waals surface area contributed by atoms with Gasteiger partial charge in [0.15, 0.2) is 0 Å². The van der Waals surface area contributed by atoms with Crippen LogP contribution in [-0.2, 0) is 11.8 Å². The third-order valence-corrected chi connectivity index (χ3v) is 16.5. The van der Waals surface area contributed by atoms with Gasteiger partial charge in [-0.3, -0.25) is 0 Å². The number of aliphatic carboxylic acids is 1. The predicted octanol–water partition coefficient (Wildman–Crippen LogP) is 6.16. The van der Waals surface area contributed by atoms with Crippen LogP contribution in [0.25, 0.3) is 0 Å². The number of benzene rings is 2. The third kappa shape index (κ3) is 6.13. The number of carbonyl (C=O) groups is 1. The fourth-order valence-electron chi connectivity index (χ4n) is 4.71. The fraction of sp³-hybridized carbons (Fsp3) is 0.407. The molecule has 3 aromatic rings. The third-order valence-electron chi connectivity index (χ3n) is 6.54. The second kappa shape index (κ2) is 11.9. The number of nitrogens with zero attached hydrogens (tertiary/aromatic N) is 2. The van der Waals surface area contributed by atoms with Crippen LogP contribution in [0.2, 0.25) is 0 Å². The fourth-order valence-corrected chi connectivity index (χ4v) is 12.2. The molecule has 0 radical (unpaired) electrons. The quantitative estimate of drug-likeness (QED) is 0.200. The van der Waals surface area contributed by atoms with Crippen molar-refractivity contribution in [1.29, 1.82) is 0 Å². The molecule has 6 heteroatoms. The van der Waals surface area contributed by atoms with Gasteiger partial charge in [-0.2, -0.15) is 0 Å². The molecule has 33 heavy (non-hydrogen) atoms. The first kappa shape index (κ1) is 25.6. The topological polar surface area (TPSA) is 55.1 Å². The zero-order valence-electron chi connectivity index (χ0n) is 19.6. The van der Waals surface area contributed by atoms with Gasteiger partial charge in [-0.25, -0.2) is 0 Å². The van der Waals surface area contributed by atoms with E-state index in [0.717, 1.165) is 31.8 Å². The van der Waals surface area contributed by atoms with Gasteiger partial charge >= 0.3 is 206 Å². The van der Waals surface area contributed by atoms with Crippen molar-refractivity contribution in [3.05, 3.63) is 73.1 Å². The maximum absolute atomic E-state index is 10.6. The molecule has 1 aromatic heterocycles. The van der Waals surface area contributed by atoms with E-state index in [9.17, 15) is 4.79 Å². The second-order valence-electron chi connectivity index (χ2n) is 8.92. The first-order chi connectivity index (χ1) is 15.9. The van der Waals surface area contributed by atoms with E-state index in [0.29, 0.717) is 6.42 Å². The van der Waals surface area contributed by atoms with Crippen LogP contribution in [0.4, 0.5) is 0 Å². The Labute approximate surface area is 206 Å². The average Bonchev–Trinajstić information content (AvgIpc) is 3.28. The maximum atomic E-state index is 10.6. The molecule has 0 unspecified atom stereocenters. The van der Waals surface area contributed by atoms with E-state index in [1.165, 1.54) is 41.6 Å². The number of rotatable bonds is 14. The Hall–Kier alpha value is -1.97. The molecular formula is C27H36BrN2O2P. The Morgan fingerprint density at radius 3 is 1.76 bits per heavy atom. The van der Waals surface area contributed by atoms with E-state index in [1.54, 1.807) is 0 Å². The van der Waals surface area contributed by atoms with Crippen LogP contribution < -0.4 is 15.9 Å². The molecular weight excluding hydrogens is 495 g/mol. The van der Waals surface area contributed by atoms with Crippen molar-refractivity contribution in [2.75, 3.05) is 6.16 Å². The van der Waals surface area contributed by atoms with Crippen LogP contribution in [0, 0.1) is 0 Å². The molecule has 0 amide bonds. The molecule has 0 saturated carbocycles. The number of halogens is 1. The van der Waals surface area contributed by atoms with E-state index in [4.69, 9.17) is 5.11 Å². The Balaban J connectivity index is 1.73. The SMILES string of the molecule is Cn1cc(P(Br)(CCCCCCCCCCC(=O)O)(c2ccccc2)c2ccccc2)cn1. The van der Waals surface area contributed by atoms with Crippen molar-refractivity contribution < 1.29 is 9.90 Å². The predicted molar refractivity (Wildman–Crippen MR) is 145 cm³/mol. The van der Waals surface area contributed by atoms with Gasteiger partial charge in [0.25, 0.3) is 0 Å². The van der Waals surface area contributed by atoms with Crippen molar-refractivity contribution >= 4 is 42.7 Å². The molecule has 0 saturated heterocycles. The van der Waals surface area contributed by atoms with E-state index in [1.807, 2.05) is 17.9 Å². The number of carboxylic acids is 1. The molecule has 0 aliphatic heterocycles. The summed E-state index contributed by atoms with van der Waals surface area (Å²) < 4.78 is 1.91. The Morgan fingerprint density at radius 1 is 0.818 bits per heavy atom. The van der Waals surface area contributed by atoms with Crippen molar-refractivity contribution in [1.82, 2.24) is 9.78 Å². The first-order valence-corrected chi connectivity index (χ1v) is 16.4. The summed E-state index contributed by atoms with van der Waals surface area (Å²) >= 11 is 4.48. The summed E-state index contributed by atoms with van der Waals surface area (Å²) in [6.45, 7) is 0. The molecule has 0 aliphatic carbocycles. The summed E-state index contributed by atoms with van der Waals surface area (Å²) in [6.07, 6.45) is 14.5. The molecule has 0 aliphatic rings. The zero-order valence-corrected chi connectivity index (χ0v) is 22.1. The van der Waals surface area contributed by atoms with Crippen LogP contribution in [-0.4, -0.2) is 27.0 Å². The average molecular weight is 531 g/mol. The molecule has 0 spiro atoms. The van der Waals surface area contributed by atoms with Gasteiger partial charge in [-0.15, -0.1) is 0 Å². The summed E-state index contributed by atoms with van der Waals surface area (Å²) in [5.41, 5.74) is 0. The number of hydrogen-bond acceptors (Lipinski definition) is 2. The molecule has 0 atom stereocenters. The van der Waals surface area contributed by atoms with Gasteiger partial charge in [0.1, 0.15) is 0 Å². The summed E-state index contributed by atoms with van der Waals surface area (Å²) in [5, 5.41) is 14.4. The zero-order chi connectivity index (χ0) is 23.6. The van der Waals surface area contributed by atoms with Crippen molar-refractivity contribution in [2.24, 2.45) is 7.05 Å². The van der Waals surface area contributed by atoms with Gasteiger partial charge in [-0.05, 0) is 0 Å². The van der Waals surface area contributed by atoms with Gasteiger partial charge in [0, 0.05) is 0 Å². The summed E-state index contributed by atoms with van der Waals surface area (Å²) in [6, 6.07) is 21.8. The Morgan fingerprint density at radius 2 is 1.30 bits per heavy atom. The molecule has 178 valence electrons. The number of aryl methyl sites for hydroxylation is 1. The van der Waals surface area contributed by atoms with Crippen molar-refractivity contribution in [3.8, 4) is 0 Å². The minimum atomic E-state index is -2.84.